The van der Waals surface area contributed by atoms with Crippen molar-refractivity contribution < 1.29 is 0 Å². The van der Waals surface area contributed by atoms with Gasteiger partial charge in [-0.2, -0.15) is 10.1 Å². The molecular weight excluding hydrogens is 316 g/mol. The topological polar surface area (TPSA) is 81.4 Å². The number of hydrogen-bond acceptors (Lipinski definition) is 4. The summed E-state index contributed by atoms with van der Waals surface area (Å²) in [6.45, 7) is 0.394. The average molecular weight is 327 g/mol. The van der Waals surface area contributed by atoms with E-state index in [0.29, 0.717) is 17.7 Å². The van der Waals surface area contributed by atoms with Crippen LogP contribution in [0, 0.1) is 0 Å². The first kappa shape index (κ1) is 13.7. The van der Waals surface area contributed by atoms with E-state index in [0.717, 1.165) is 11.3 Å². The fourth-order valence-corrected chi connectivity index (χ4v) is 2.56. The minimum Gasteiger partial charge on any atom is -0.303 e. The molecule has 1 aromatic carbocycles. The van der Waals surface area contributed by atoms with E-state index < -0.39 is 0 Å². The fourth-order valence-electron chi connectivity index (χ4n) is 2.43. The Kier molecular flexibility index (Phi) is 3.20. The first-order valence-corrected chi connectivity index (χ1v) is 7.28. The lowest BCUT2D eigenvalue weighted by Crippen LogP contribution is -2.17. The van der Waals surface area contributed by atoms with Gasteiger partial charge in [-0.1, -0.05) is 12.1 Å². The van der Waals surface area contributed by atoms with E-state index in [4.69, 9.17) is 11.6 Å². The normalized spacial score (nSPS) is 11.2. The Hall–Kier alpha value is -2.93. The molecule has 0 aliphatic heterocycles. The van der Waals surface area contributed by atoms with E-state index in [1.807, 2.05) is 36.5 Å². The molecule has 0 radical (unpaired) electrons. The van der Waals surface area contributed by atoms with E-state index in [1.54, 1.807) is 10.9 Å². The zero-order chi connectivity index (χ0) is 15.8. The molecule has 0 amide bonds. The third kappa shape index (κ3) is 2.51. The molecule has 4 aromatic rings. The van der Waals surface area contributed by atoms with Crippen LogP contribution in [-0.4, -0.2) is 29.3 Å². The molecule has 3 heterocycles. The van der Waals surface area contributed by atoms with Crippen LogP contribution in [0.15, 0.2) is 53.7 Å². The van der Waals surface area contributed by atoms with Crippen molar-refractivity contribution in [3.05, 3.63) is 70.3 Å². The molecule has 0 atom stereocenters. The average Bonchev–Trinajstić information content (AvgIpc) is 3.18. The highest BCUT2D eigenvalue weighted by atomic mass is 35.5. The van der Waals surface area contributed by atoms with Crippen molar-refractivity contribution >= 4 is 22.8 Å². The maximum absolute atomic E-state index is 12.1. The largest absolute Gasteiger partial charge is 0.328 e. The Morgan fingerprint density at radius 2 is 2.04 bits per heavy atom. The molecule has 0 saturated carbocycles. The Balaban J connectivity index is 1.69. The van der Waals surface area contributed by atoms with Gasteiger partial charge in [-0.15, -0.1) is 0 Å². The Morgan fingerprint density at radius 1 is 1.22 bits per heavy atom. The number of aromatic nitrogens is 6. The third-order valence-corrected chi connectivity index (χ3v) is 3.71. The number of halogens is 1. The summed E-state index contributed by atoms with van der Waals surface area (Å²) in [5, 5.41) is 4.29. The maximum Gasteiger partial charge on any atom is 0.328 e. The van der Waals surface area contributed by atoms with Crippen LogP contribution < -0.4 is 5.69 Å². The van der Waals surface area contributed by atoms with Gasteiger partial charge in [0.15, 0.2) is 5.65 Å². The second-order valence-electron chi connectivity index (χ2n) is 5.01. The quantitative estimate of drug-likeness (QED) is 0.584. The summed E-state index contributed by atoms with van der Waals surface area (Å²) >= 11 is 5.82. The Morgan fingerprint density at radius 3 is 2.78 bits per heavy atom. The van der Waals surface area contributed by atoms with Gasteiger partial charge >= 0.3 is 5.69 Å². The lowest BCUT2D eigenvalue weighted by molar-refractivity contribution is 0.776. The van der Waals surface area contributed by atoms with Gasteiger partial charge in [-0.3, -0.25) is 4.57 Å². The van der Waals surface area contributed by atoms with Crippen LogP contribution in [0.25, 0.3) is 16.9 Å². The Bertz CT molecular complexity index is 1020. The number of benzene rings is 1. The number of H-pyrrole nitrogens is 1. The number of imidazole rings is 1. The molecule has 0 spiro atoms. The summed E-state index contributed by atoms with van der Waals surface area (Å²) in [5.74, 6) is 0. The lowest BCUT2D eigenvalue weighted by atomic mass is 10.2. The molecule has 0 bridgehead atoms. The van der Waals surface area contributed by atoms with Crippen LogP contribution in [0.2, 0.25) is 5.28 Å². The molecule has 4 rings (SSSR count). The molecule has 0 fully saturated rings. The summed E-state index contributed by atoms with van der Waals surface area (Å²) in [5.41, 5.74) is 2.74. The number of nitrogens with zero attached hydrogens (tertiary/aromatic N) is 5. The lowest BCUT2D eigenvalue weighted by Gasteiger charge is -2.05. The molecule has 0 unspecified atom stereocenters. The van der Waals surface area contributed by atoms with Gasteiger partial charge in [0.05, 0.1) is 18.4 Å². The zero-order valence-electron chi connectivity index (χ0n) is 11.8. The summed E-state index contributed by atoms with van der Waals surface area (Å²) in [4.78, 5) is 22.8. The third-order valence-electron chi connectivity index (χ3n) is 3.53. The van der Waals surface area contributed by atoms with Crippen molar-refractivity contribution in [3.8, 4) is 5.69 Å². The zero-order valence-corrected chi connectivity index (χ0v) is 12.6. The number of hydrogen-bond donors (Lipinski definition) is 1. The van der Waals surface area contributed by atoms with Crippen molar-refractivity contribution in [2.75, 3.05) is 0 Å². The smallest absolute Gasteiger partial charge is 0.303 e. The predicted molar refractivity (Wildman–Crippen MR) is 85.8 cm³/mol. The molecule has 3 aromatic heterocycles. The van der Waals surface area contributed by atoms with E-state index in [9.17, 15) is 4.79 Å². The first-order chi connectivity index (χ1) is 11.2. The van der Waals surface area contributed by atoms with Crippen LogP contribution in [0.4, 0.5) is 0 Å². The molecule has 1 N–H and O–H groups in total. The van der Waals surface area contributed by atoms with Gasteiger partial charge in [0.2, 0.25) is 5.28 Å². The number of nitrogens with one attached hydrogen (secondary N) is 1. The van der Waals surface area contributed by atoms with Crippen LogP contribution in [0.3, 0.4) is 0 Å². The van der Waals surface area contributed by atoms with E-state index in [-0.39, 0.29) is 11.0 Å². The van der Waals surface area contributed by atoms with Crippen molar-refractivity contribution in [3.63, 3.8) is 0 Å². The van der Waals surface area contributed by atoms with Crippen molar-refractivity contribution in [2.45, 2.75) is 6.54 Å². The van der Waals surface area contributed by atoms with Crippen LogP contribution in [-0.2, 0) is 6.54 Å². The van der Waals surface area contributed by atoms with E-state index in [2.05, 4.69) is 20.1 Å². The molecule has 0 aliphatic carbocycles. The van der Waals surface area contributed by atoms with Crippen LogP contribution in [0.1, 0.15) is 5.56 Å². The van der Waals surface area contributed by atoms with Gasteiger partial charge < -0.3 is 4.98 Å². The standard InChI is InChI=1S/C15H11ClN6O/c16-14-17-8-12-13(20-14)21(15(23)19-12)9-10-2-4-11(5-3-10)22-7-1-6-18-22/h1-8H,9H2,(H,19,23). The van der Waals surface area contributed by atoms with Gasteiger partial charge in [0.1, 0.15) is 5.52 Å². The van der Waals surface area contributed by atoms with E-state index >= 15 is 0 Å². The molecule has 0 aliphatic rings. The van der Waals surface area contributed by atoms with E-state index in [1.165, 1.54) is 10.8 Å². The van der Waals surface area contributed by atoms with Crippen LogP contribution >= 0.6 is 11.6 Å². The Labute approximate surface area is 135 Å². The molecule has 114 valence electrons. The highest BCUT2D eigenvalue weighted by Crippen LogP contribution is 2.13. The molecule has 23 heavy (non-hydrogen) atoms. The molecule has 0 saturated heterocycles. The van der Waals surface area contributed by atoms with Crippen molar-refractivity contribution in [1.29, 1.82) is 0 Å². The summed E-state index contributed by atoms with van der Waals surface area (Å²) < 4.78 is 3.31. The summed E-state index contributed by atoms with van der Waals surface area (Å²) in [6.07, 6.45) is 5.10. The van der Waals surface area contributed by atoms with Gasteiger partial charge in [0.25, 0.3) is 0 Å². The monoisotopic (exact) mass is 326 g/mol. The first-order valence-electron chi connectivity index (χ1n) is 6.91. The number of aromatic amines is 1. The highest BCUT2D eigenvalue weighted by Gasteiger charge is 2.10. The second-order valence-corrected chi connectivity index (χ2v) is 5.35. The van der Waals surface area contributed by atoms with Crippen LogP contribution in [0.5, 0.6) is 0 Å². The second kappa shape index (κ2) is 5.36. The van der Waals surface area contributed by atoms with Gasteiger partial charge in [0, 0.05) is 12.4 Å². The SMILES string of the molecule is O=c1[nH]c2cnc(Cl)nc2n1Cc1ccc(-n2cccn2)cc1. The summed E-state index contributed by atoms with van der Waals surface area (Å²) in [6, 6.07) is 9.66. The summed E-state index contributed by atoms with van der Waals surface area (Å²) in [7, 11) is 0. The number of rotatable bonds is 3. The molecular formula is C15H11ClN6O. The van der Waals surface area contributed by atoms with Crippen molar-refractivity contribution in [2.24, 2.45) is 0 Å². The highest BCUT2D eigenvalue weighted by molar-refractivity contribution is 6.28. The number of fused-ring (bicyclic) bond motifs is 1. The maximum atomic E-state index is 12.1. The minimum atomic E-state index is -0.243. The molecule has 8 heteroatoms. The minimum absolute atomic E-state index is 0.110. The predicted octanol–water partition coefficient (Wildman–Crippen LogP) is 2.01. The molecule has 7 nitrogen and oxygen atoms in total. The fraction of sp³-hybridized carbons (Fsp3) is 0.0667. The van der Waals surface area contributed by atoms with Gasteiger partial charge in [-0.25, -0.2) is 14.5 Å². The van der Waals surface area contributed by atoms with Gasteiger partial charge in [-0.05, 0) is 35.4 Å². The van der Waals surface area contributed by atoms with Crippen molar-refractivity contribution in [1.82, 2.24) is 29.3 Å².